The van der Waals surface area contributed by atoms with Gasteiger partial charge in [0.05, 0.1) is 6.61 Å². The van der Waals surface area contributed by atoms with Crippen molar-refractivity contribution in [1.29, 1.82) is 0 Å². The lowest BCUT2D eigenvalue weighted by Crippen LogP contribution is -1.94. The first-order chi connectivity index (χ1) is 8.78. The lowest BCUT2D eigenvalue weighted by Gasteiger charge is -2.07. The van der Waals surface area contributed by atoms with E-state index in [1.165, 1.54) is 0 Å². The third kappa shape index (κ3) is 3.64. The molecule has 0 unspecified atom stereocenters. The number of nitrogens with zero attached hydrogens (tertiary/aromatic N) is 1. The van der Waals surface area contributed by atoms with Gasteiger partial charge in [-0.1, -0.05) is 24.6 Å². The van der Waals surface area contributed by atoms with Gasteiger partial charge in [0.2, 0.25) is 5.88 Å². The van der Waals surface area contributed by atoms with Gasteiger partial charge in [-0.15, -0.1) is 0 Å². The Morgan fingerprint density at radius 3 is 2.44 bits per heavy atom. The van der Waals surface area contributed by atoms with Crippen molar-refractivity contribution in [2.75, 3.05) is 6.61 Å². The van der Waals surface area contributed by atoms with Gasteiger partial charge >= 0.3 is 0 Å². The molecule has 94 valence electrons. The van der Waals surface area contributed by atoms with Crippen LogP contribution in [-0.4, -0.2) is 11.6 Å². The van der Waals surface area contributed by atoms with E-state index >= 15 is 0 Å². The summed E-state index contributed by atoms with van der Waals surface area (Å²) >= 11 is 5.78. The number of hydrogen-bond acceptors (Lipinski definition) is 3. The molecular formula is C14H14ClNO2. The highest BCUT2D eigenvalue weighted by Crippen LogP contribution is 2.23. The summed E-state index contributed by atoms with van der Waals surface area (Å²) in [6.45, 7) is 2.79. The summed E-state index contributed by atoms with van der Waals surface area (Å²) in [5.41, 5.74) is 0. The second-order valence-corrected chi connectivity index (χ2v) is 4.11. The summed E-state index contributed by atoms with van der Waals surface area (Å²) in [4.78, 5) is 4.05. The van der Waals surface area contributed by atoms with Crippen molar-refractivity contribution in [2.24, 2.45) is 0 Å². The summed E-state index contributed by atoms with van der Waals surface area (Å²) < 4.78 is 11.1. The Balaban J connectivity index is 2.02. The molecule has 0 saturated carbocycles. The van der Waals surface area contributed by atoms with Crippen molar-refractivity contribution in [3.05, 3.63) is 47.6 Å². The van der Waals surface area contributed by atoms with E-state index in [0.29, 0.717) is 16.8 Å². The van der Waals surface area contributed by atoms with E-state index < -0.39 is 0 Å². The molecule has 0 aliphatic heterocycles. The molecular weight excluding hydrogens is 250 g/mol. The Hall–Kier alpha value is -1.74. The molecule has 0 radical (unpaired) electrons. The zero-order chi connectivity index (χ0) is 12.8. The Bertz CT molecular complexity index is 499. The summed E-state index contributed by atoms with van der Waals surface area (Å²) in [6.07, 6.45) is 0.991. The van der Waals surface area contributed by atoms with Gasteiger partial charge in [-0.3, -0.25) is 0 Å². The molecule has 3 nitrogen and oxygen atoms in total. The minimum Gasteiger partial charge on any atom is -0.494 e. The van der Waals surface area contributed by atoms with Crippen LogP contribution in [0.1, 0.15) is 13.3 Å². The maximum atomic E-state index is 5.78. The van der Waals surface area contributed by atoms with Gasteiger partial charge in [-0.25, -0.2) is 4.98 Å². The molecule has 4 heteroatoms. The van der Waals surface area contributed by atoms with Crippen LogP contribution in [0.4, 0.5) is 0 Å². The largest absolute Gasteiger partial charge is 0.494 e. The minimum absolute atomic E-state index is 0.412. The van der Waals surface area contributed by atoms with E-state index in [1.54, 1.807) is 18.2 Å². The molecule has 1 heterocycles. The van der Waals surface area contributed by atoms with Crippen LogP contribution in [-0.2, 0) is 0 Å². The Labute approximate surface area is 111 Å². The maximum Gasteiger partial charge on any atom is 0.220 e. The molecule has 2 aromatic rings. The molecule has 0 saturated heterocycles. The molecule has 1 aromatic carbocycles. The molecule has 0 aliphatic rings. The Morgan fingerprint density at radius 2 is 1.78 bits per heavy atom. The topological polar surface area (TPSA) is 31.4 Å². The van der Waals surface area contributed by atoms with Gasteiger partial charge in [0.15, 0.2) is 0 Å². The van der Waals surface area contributed by atoms with E-state index in [0.717, 1.165) is 18.8 Å². The SMILES string of the molecule is CCCOc1ccc(Oc2cccc(Cl)n2)cc1. The fraction of sp³-hybridized carbons (Fsp3) is 0.214. The van der Waals surface area contributed by atoms with Crippen molar-refractivity contribution in [1.82, 2.24) is 4.98 Å². The summed E-state index contributed by atoms with van der Waals surface area (Å²) in [7, 11) is 0. The van der Waals surface area contributed by atoms with Crippen LogP contribution < -0.4 is 9.47 Å². The lowest BCUT2D eigenvalue weighted by atomic mass is 10.3. The smallest absolute Gasteiger partial charge is 0.220 e. The third-order valence-corrected chi connectivity index (χ3v) is 2.42. The predicted molar refractivity (Wildman–Crippen MR) is 71.5 cm³/mol. The molecule has 0 bridgehead atoms. The van der Waals surface area contributed by atoms with Crippen LogP contribution in [0.2, 0.25) is 5.15 Å². The number of benzene rings is 1. The molecule has 18 heavy (non-hydrogen) atoms. The fourth-order valence-corrected chi connectivity index (χ4v) is 1.55. The van der Waals surface area contributed by atoms with Crippen molar-refractivity contribution >= 4 is 11.6 Å². The average molecular weight is 264 g/mol. The first-order valence-electron chi connectivity index (χ1n) is 5.81. The van der Waals surface area contributed by atoms with Gasteiger partial charge in [0, 0.05) is 6.07 Å². The minimum atomic E-state index is 0.412. The van der Waals surface area contributed by atoms with Crippen LogP contribution in [0.5, 0.6) is 17.4 Å². The standard InChI is InChI=1S/C14H14ClNO2/c1-2-10-17-11-6-8-12(9-7-11)18-14-5-3-4-13(15)16-14/h3-9H,2,10H2,1H3. The van der Waals surface area contributed by atoms with Crippen molar-refractivity contribution < 1.29 is 9.47 Å². The van der Waals surface area contributed by atoms with Crippen LogP contribution in [0.15, 0.2) is 42.5 Å². The number of ether oxygens (including phenoxy) is 2. The molecule has 0 atom stereocenters. The van der Waals surface area contributed by atoms with Gasteiger partial charge < -0.3 is 9.47 Å². The van der Waals surface area contributed by atoms with Gasteiger partial charge in [0.1, 0.15) is 16.7 Å². The van der Waals surface area contributed by atoms with E-state index in [-0.39, 0.29) is 0 Å². The normalized spacial score (nSPS) is 10.1. The van der Waals surface area contributed by atoms with Crippen molar-refractivity contribution in [3.63, 3.8) is 0 Å². The summed E-state index contributed by atoms with van der Waals surface area (Å²) in [5.74, 6) is 2.02. The first kappa shape index (κ1) is 12.7. The summed E-state index contributed by atoms with van der Waals surface area (Å²) in [5, 5.41) is 0.412. The predicted octanol–water partition coefficient (Wildman–Crippen LogP) is 4.32. The molecule has 0 aliphatic carbocycles. The third-order valence-electron chi connectivity index (χ3n) is 2.21. The monoisotopic (exact) mass is 263 g/mol. The number of rotatable bonds is 5. The molecule has 0 fully saturated rings. The number of hydrogen-bond donors (Lipinski definition) is 0. The highest BCUT2D eigenvalue weighted by atomic mass is 35.5. The maximum absolute atomic E-state index is 5.78. The van der Waals surface area contributed by atoms with Gasteiger partial charge in [-0.05, 0) is 36.8 Å². The highest BCUT2D eigenvalue weighted by Gasteiger charge is 2.00. The van der Waals surface area contributed by atoms with Crippen LogP contribution in [0.25, 0.3) is 0 Å². The van der Waals surface area contributed by atoms with Crippen LogP contribution >= 0.6 is 11.6 Å². The fourth-order valence-electron chi connectivity index (χ4n) is 1.39. The Kier molecular flexibility index (Phi) is 4.42. The molecule has 0 spiro atoms. The van der Waals surface area contributed by atoms with Crippen molar-refractivity contribution in [3.8, 4) is 17.4 Å². The average Bonchev–Trinajstić information content (AvgIpc) is 2.38. The van der Waals surface area contributed by atoms with Gasteiger partial charge in [0.25, 0.3) is 0 Å². The van der Waals surface area contributed by atoms with Crippen LogP contribution in [0.3, 0.4) is 0 Å². The van der Waals surface area contributed by atoms with Crippen LogP contribution in [0, 0.1) is 0 Å². The molecule has 0 amide bonds. The zero-order valence-electron chi connectivity index (χ0n) is 10.1. The van der Waals surface area contributed by atoms with E-state index in [9.17, 15) is 0 Å². The van der Waals surface area contributed by atoms with Crippen molar-refractivity contribution in [2.45, 2.75) is 13.3 Å². The number of aromatic nitrogens is 1. The first-order valence-corrected chi connectivity index (χ1v) is 6.19. The van der Waals surface area contributed by atoms with E-state index in [1.807, 2.05) is 24.3 Å². The zero-order valence-corrected chi connectivity index (χ0v) is 10.9. The quantitative estimate of drug-likeness (QED) is 0.753. The second kappa shape index (κ2) is 6.26. The molecule has 2 rings (SSSR count). The number of halogens is 1. The van der Waals surface area contributed by atoms with E-state index in [4.69, 9.17) is 21.1 Å². The Morgan fingerprint density at radius 1 is 1.06 bits per heavy atom. The molecule has 1 aromatic heterocycles. The lowest BCUT2D eigenvalue weighted by molar-refractivity contribution is 0.317. The molecule has 0 N–H and O–H groups in total. The van der Waals surface area contributed by atoms with E-state index in [2.05, 4.69) is 11.9 Å². The highest BCUT2D eigenvalue weighted by molar-refractivity contribution is 6.29. The second-order valence-electron chi connectivity index (χ2n) is 3.72. The number of pyridine rings is 1. The van der Waals surface area contributed by atoms with Gasteiger partial charge in [-0.2, -0.15) is 0 Å². The summed E-state index contributed by atoms with van der Waals surface area (Å²) in [6, 6.07) is 12.7.